The summed E-state index contributed by atoms with van der Waals surface area (Å²) in [7, 11) is 0. The summed E-state index contributed by atoms with van der Waals surface area (Å²) in [6.45, 7) is 5.10. The van der Waals surface area contributed by atoms with Gasteiger partial charge in [0.15, 0.2) is 11.6 Å². The summed E-state index contributed by atoms with van der Waals surface area (Å²) < 4.78 is 2.04. The van der Waals surface area contributed by atoms with Crippen LogP contribution < -0.4 is 0 Å². The van der Waals surface area contributed by atoms with E-state index in [0.717, 1.165) is 90.1 Å². The Kier molecular flexibility index (Phi) is 6.82. The van der Waals surface area contributed by atoms with Gasteiger partial charge in [0.2, 0.25) is 5.78 Å². The second kappa shape index (κ2) is 11.1. The van der Waals surface area contributed by atoms with E-state index in [-0.39, 0.29) is 0 Å². The van der Waals surface area contributed by atoms with Gasteiger partial charge in [0.1, 0.15) is 5.69 Å². The van der Waals surface area contributed by atoms with Crippen LogP contribution in [0.15, 0.2) is 91.4 Å². The summed E-state index contributed by atoms with van der Waals surface area (Å²) in [5.41, 5.74) is 7.49. The molecule has 0 aliphatic carbocycles. The average Bonchev–Trinajstić information content (AvgIpc) is 3.70. The molecule has 1 aliphatic rings. The van der Waals surface area contributed by atoms with Crippen molar-refractivity contribution in [2.24, 2.45) is 0 Å². The molecule has 41 heavy (non-hydrogen) atoms. The van der Waals surface area contributed by atoms with Crippen LogP contribution in [0.1, 0.15) is 42.8 Å². The molecule has 2 aromatic carbocycles. The summed E-state index contributed by atoms with van der Waals surface area (Å²) in [5, 5.41) is 7.58. The second-order valence-corrected chi connectivity index (χ2v) is 10.7. The van der Waals surface area contributed by atoms with Crippen molar-refractivity contribution in [2.75, 3.05) is 13.1 Å². The molecule has 6 aromatic rings. The van der Waals surface area contributed by atoms with E-state index < -0.39 is 0 Å². The zero-order valence-electron chi connectivity index (χ0n) is 23.1. The van der Waals surface area contributed by atoms with Crippen molar-refractivity contribution >= 4 is 5.78 Å². The van der Waals surface area contributed by atoms with Crippen LogP contribution in [0.3, 0.4) is 0 Å². The Bertz CT molecular complexity index is 1750. The Hall–Kier alpha value is -4.69. The van der Waals surface area contributed by atoms with Gasteiger partial charge in [0.05, 0.1) is 11.4 Å². The molecular weight excluding hydrogens is 508 g/mol. The highest BCUT2D eigenvalue weighted by atomic mass is 15.2. The number of hydrogen-bond donors (Lipinski definition) is 1. The first-order valence-electron chi connectivity index (χ1n) is 14.3. The highest BCUT2D eigenvalue weighted by Crippen LogP contribution is 2.32. The zero-order valence-corrected chi connectivity index (χ0v) is 23.1. The molecule has 4 aromatic heterocycles. The molecule has 0 spiro atoms. The zero-order chi connectivity index (χ0) is 27.6. The van der Waals surface area contributed by atoms with Crippen molar-refractivity contribution in [3.05, 3.63) is 108 Å². The smallest absolute Gasteiger partial charge is 0.234 e. The summed E-state index contributed by atoms with van der Waals surface area (Å²) in [5.74, 6) is 2.75. The molecule has 8 heteroatoms. The monoisotopic (exact) mass is 540 g/mol. The summed E-state index contributed by atoms with van der Waals surface area (Å²) >= 11 is 0. The van der Waals surface area contributed by atoms with Gasteiger partial charge in [-0.25, -0.2) is 15.0 Å². The van der Waals surface area contributed by atoms with Crippen molar-refractivity contribution in [1.82, 2.24) is 39.4 Å². The van der Waals surface area contributed by atoms with Gasteiger partial charge in [-0.1, -0.05) is 67.6 Å². The van der Waals surface area contributed by atoms with Crippen LogP contribution in [0.25, 0.3) is 39.7 Å². The van der Waals surface area contributed by atoms with Crippen LogP contribution in [0, 0.1) is 0 Å². The number of likely N-dealkylation sites (tertiary alicyclic amines) is 1. The number of rotatable bonds is 7. The van der Waals surface area contributed by atoms with Crippen LogP contribution >= 0.6 is 0 Å². The third kappa shape index (κ3) is 5.26. The third-order valence-corrected chi connectivity index (χ3v) is 7.94. The number of nitrogens with zero attached hydrogens (tertiary/aromatic N) is 7. The molecule has 1 fully saturated rings. The molecule has 7 rings (SSSR count). The number of piperidine rings is 1. The van der Waals surface area contributed by atoms with Crippen molar-refractivity contribution in [3.63, 3.8) is 0 Å². The third-order valence-electron chi connectivity index (χ3n) is 7.94. The number of hydrogen-bond acceptors (Lipinski definition) is 6. The number of fused-ring (bicyclic) bond motifs is 1. The lowest BCUT2D eigenvalue weighted by Crippen LogP contribution is -2.32. The van der Waals surface area contributed by atoms with Gasteiger partial charge in [0, 0.05) is 42.2 Å². The number of nitrogens with one attached hydrogen (secondary N) is 1. The van der Waals surface area contributed by atoms with Crippen LogP contribution in [0.5, 0.6) is 0 Å². The predicted molar refractivity (Wildman–Crippen MR) is 160 cm³/mol. The molecular formula is C33H32N8. The van der Waals surface area contributed by atoms with Crippen molar-refractivity contribution < 1.29 is 0 Å². The molecule has 0 atom stereocenters. The van der Waals surface area contributed by atoms with Crippen molar-refractivity contribution in [2.45, 2.75) is 38.6 Å². The average molecular weight is 541 g/mol. The summed E-state index contributed by atoms with van der Waals surface area (Å²) in [6, 6.07) is 25.2. The maximum atomic E-state index is 5.02. The minimum Gasteiger partial charge on any atom is -0.299 e. The maximum Gasteiger partial charge on any atom is 0.234 e. The van der Waals surface area contributed by atoms with E-state index in [1.807, 2.05) is 28.7 Å². The molecule has 5 heterocycles. The molecule has 1 saturated heterocycles. The Morgan fingerprint density at radius 3 is 2.39 bits per heavy atom. The lowest BCUT2D eigenvalue weighted by atomic mass is 9.95. The van der Waals surface area contributed by atoms with Crippen LogP contribution in [-0.2, 0) is 13.0 Å². The fourth-order valence-electron chi connectivity index (χ4n) is 5.64. The van der Waals surface area contributed by atoms with Gasteiger partial charge < -0.3 is 0 Å². The molecule has 0 unspecified atom stereocenters. The Morgan fingerprint density at radius 2 is 1.63 bits per heavy atom. The van der Waals surface area contributed by atoms with Gasteiger partial charge in [-0.05, 0) is 55.6 Å². The quantitative estimate of drug-likeness (QED) is 0.260. The van der Waals surface area contributed by atoms with E-state index in [4.69, 9.17) is 15.0 Å². The number of benzene rings is 2. The fourth-order valence-corrected chi connectivity index (χ4v) is 5.64. The topological polar surface area (TPSA) is 87.9 Å². The van der Waals surface area contributed by atoms with Gasteiger partial charge in [-0.2, -0.15) is 5.10 Å². The van der Waals surface area contributed by atoms with E-state index >= 15 is 0 Å². The van der Waals surface area contributed by atoms with Crippen LogP contribution in [0.4, 0.5) is 0 Å². The van der Waals surface area contributed by atoms with E-state index in [2.05, 4.69) is 87.9 Å². The molecule has 0 radical (unpaired) electrons. The van der Waals surface area contributed by atoms with Crippen molar-refractivity contribution in [1.29, 1.82) is 0 Å². The van der Waals surface area contributed by atoms with E-state index in [1.165, 1.54) is 5.56 Å². The number of pyridine rings is 1. The van der Waals surface area contributed by atoms with E-state index in [1.54, 1.807) is 6.20 Å². The van der Waals surface area contributed by atoms with E-state index in [9.17, 15) is 0 Å². The van der Waals surface area contributed by atoms with E-state index in [0.29, 0.717) is 5.92 Å². The fraction of sp³-hybridized carbons (Fsp3) is 0.242. The Labute approximate surface area is 239 Å². The van der Waals surface area contributed by atoms with Gasteiger partial charge >= 0.3 is 0 Å². The normalized spacial score (nSPS) is 14.6. The molecule has 8 nitrogen and oxygen atoms in total. The number of aromatic amines is 1. The number of imidazole rings is 1. The molecule has 0 bridgehead atoms. The maximum absolute atomic E-state index is 5.02. The van der Waals surface area contributed by atoms with Crippen LogP contribution in [0.2, 0.25) is 0 Å². The highest BCUT2D eigenvalue weighted by molar-refractivity contribution is 5.81. The van der Waals surface area contributed by atoms with Crippen LogP contribution in [-0.4, -0.2) is 52.5 Å². The minimum absolute atomic E-state index is 0.371. The number of H-pyrrole nitrogens is 1. The molecule has 0 amide bonds. The van der Waals surface area contributed by atoms with Gasteiger partial charge in [0.25, 0.3) is 0 Å². The molecule has 0 saturated carbocycles. The SMILES string of the molecule is CCc1cn2cc(-c3ccccc3)c(-c3ccc(CN4CCC(c5n[nH]c(-c6ccccn6)n5)CC4)cc3)nc2n1. The molecule has 1 aliphatic heterocycles. The Balaban J connectivity index is 1.05. The highest BCUT2D eigenvalue weighted by Gasteiger charge is 2.24. The minimum atomic E-state index is 0.371. The first-order valence-corrected chi connectivity index (χ1v) is 14.3. The number of aryl methyl sites for hydroxylation is 1. The standard InChI is InChI=1S/C33H32N8/c1-2-27-21-41-22-28(24-8-4-3-5-9-24)30(36-33(41)35-27)25-13-11-23(12-14-25)20-40-18-15-26(16-19-40)31-37-32(39-38-31)29-10-6-7-17-34-29/h3-14,17,21-22,26H,2,15-16,18-20H2,1H3,(H,37,38,39). The second-order valence-electron chi connectivity index (χ2n) is 10.7. The molecule has 1 N–H and O–H groups in total. The lowest BCUT2D eigenvalue weighted by Gasteiger charge is -2.30. The first kappa shape index (κ1) is 25.3. The van der Waals surface area contributed by atoms with Gasteiger partial charge in [-0.3, -0.25) is 19.4 Å². The summed E-state index contributed by atoms with van der Waals surface area (Å²) in [6.07, 6.45) is 8.99. The number of aromatic nitrogens is 7. The largest absolute Gasteiger partial charge is 0.299 e. The predicted octanol–water partition coefficient (Wildman–Crippen LogP) is 6.19. The Morgan fingerprint density at radius 1 is 0.829 bits per heavy atom. The van der Waals surface area contributed by atoms with Crippen molar-refractivity contribution in [3.8, 4) is 33.9 Å². The summed E-state index contributed by atoms with van der Waals surface area (Å²) in [4.78, 5) is 21.4. The van der Waals surface area contributed by atoms with Gasteiger partial charge in [-0.15, -0.1) is 0 Å². The molecule has 204 valence electrons. The first-order chi connectivity index (χ1) is 20.2. The lowest BCUT2D eigenvalue weighted by molar-refractivity contribution is 0.202.